The predicted octanol–water partition coefficient (Wildman–Crippen LogP) is -4.51. The van der Waals surface area contributed by atoms with E-state index >= 15 is 0 Å². The maximum absolute atomic E-state index is 10.0. The molecule has 0 saturated carbocycles. The van der Waals surface area contributed by atoms with E-state index in [2.05, 4.69) is 5.32 Å². The van der Waals surface area contributed by atoms with Crippen LogP contribution in [0.1, 0.15) is 12.8 Å². The zero-order valence-electron chi connectivity index (χ0n) is 5.60. The van der Waals surface area contributed by atoms with E-state index < -0.39 is 5.97 Å². The van der Waals surface area contributed by atoms with Crippen LogP contribution >= 0.6 is 0 Å². The van der Waals surface area contributed by atoms with Crippen LogP contribution in [0.4, 0.5) is 0 Å². The second-order valence-corrected chi connectivity index (χ2v) is 1.97. The molecule has 0 aromatic carbocycles. The van der Waals surface area contributed by atoms with E-state index in [1.54, 1.807) is 0 Å². The summed E-state index contributed by atoms with van der Waals surface area (Å²) in [5.41, 5.74) is 0. The van der Waals surface area contributed by atoms with Gasteiger partial charge in [0, 0.05) is 6.04 Å². The minimum Gasteiger partial charge on any atom is -1.00 e. The number of nitrogens with one attached hydrogen (secondary N) is 1. The Balaban J connectivity index is 0. The molecule has 10 heavy (non-hydrogen) atoms. The molecule has 0 aromatic heterocycles. The first-order valence-corrected chi connectivity index (χ1v) is 2.75. The van der Waals surface area contributed by atoms with Gasteiger partial charge in [0.25, 0.3) is 0 Å². The smallest absolute Gasteiger partial charge is 1.00 e. The third-order valence-electron chi connectivity index (χ3n) is 1.34. The molecule has 1 heterocycles. The van der Waals surface area contributed by atoms with Gasteiger partial charge in [-0.3, -0.25) is 0 Å². The van der Waals surface area contributed by atoms with Crippen molar-refractivity contribution >= 4 is 5.97 Å². The minimum absolute atomic E-state index is 0. The molecule has 0 spiro atoms. The van der Waals surface area contributed by atoms with Gasteiger partial charge in [-0.25, -0.2) is 0 Å². The van der Waals surface area contributed by atoms with Gasteiger partial charge in [0.1, 0.15) is 0 Å². The fourth-order valence-electron chi connectivity index (χ4n) is 0.886. The summed E-state index contributed by atoms with van der Waals surface area (Å²) >= 11 is 0. The van der Waals surface area contributed by atoms with E-state index in [9.17, 15) is 9.90 Å². The van der Waals surface area contributed by atoms with Crippen molar-refractivity contribution in [2.45, 2.75) is 18.9 Å². The van der Waals surface area contributed by atoms with Crippen LogP contribution in [0.15, 0.2) is 0 Å². The Morgan fingerprint density at radius 3 is 2.40 bits per heavy atom. The van der Waals surface area contributed by atoms with Crippen molar-refractivity contribution < 1.29 is 53.4 Å². The van der Waals surface area contributed by atoms with Crippen LogP contribution in [0.3, 0.4) is 0 Å². The number of aliphatic carboxylic acids is 1. The molecule has 0 radical (unpaired) electrons. The van der Waals surface area contributed by atoms with Crippen LogP contribution in [0.5, 0.6) is 0 Å². The first-order valence-electron chi connectivity index (χ1n) is 2.75. The number of carboxylic acid groups (broad SMARTS) is 1. The molecule has 1 N–H and O–H groups in total. The fourth-order valence-corrected chi connectivity index (χ4v) is 0.886. The number of hydrogen-bond donors (Lipinski definition) is 1. The Kier molecular flexibility index (Phi) is 8.68. The number of halogens is 1. The minimum atomic E-state index is -0.970. The summed E-state index contributed by atoms with van der Waals surface area (Å²) < 4.78 is 0. The van der Waals surface area contributed by atoms with Crippen LogP contribution in [-0.4, -0.2) is 18.6 Å². The summed E-state index contributed by atoms with van der Waals surface area (Å²) in [7, 11) is 0. The number of hydrogen-bond acceptors (Lipinski definition) is 3. The molecule has 1 aliphatic rings. The SMILES string of the molecule is O=C([O-])[C@@H]1CCCN1.[I-].[Zn+2]. The maximum Gasteiger partial charge on any atom is 2.00 e. The van der Waals surface area contributed by atoms with Gasteiger partial charge in [-0.2, -0.15) is 0 Å². The van der Waals surface area contributed by atoms with Gasteiger partial charge in [0.2, 0.25) is 0 Å². The summed E-state index contributed by atoms with van der Waals surface area (Å²) in [4.78, 5) is 10.0. The van der Waals surface area contributed by atoms with Crippen molar-refractivity contribution in [3.8, 4) is 0 Å². The van der Waals surface area contributed by atoms with Crippen molar-refractivity contribution in [3.63, 3.8) is 0 Å². The number of carbonyl (C=O) groups is 1. The van der Waals surface area contributed by atoms with E-state index in [0.717, 1.165) is 19.4 Å². The molecular weight excluding hydrogens is 298 g/mol. The van der Waals surface area contributed by atoms with E-state index in [1.165, 1.54) is 0 Å². The topological polar surface area (TPSA) is 52.2 Å². The molecule has 1 fully saturated rings. The zero-order chi connectivity index (χ0) is 5.98. The van der Waals surface area contributed by atoms with Crippen molar-refractivity contribution in [2.24, 2.45) is 0 Å². The first kappa shape index (κ1) is 13.4. The summed E-state index contributed by atoms with van der Waals surface area (Å²) in [6.07, 6.45) is 1.68. The molecule has 0 amide bonds. The van der Waals surface area contributed by atoms with Gasteiger partial charge >= 0.3 is 19.5 Å². The molecule has 5 heteroatoms. The van der Waals surface area contributed by atoms with Crippen molar-refractivity contribution in [1.29, 1.82) is 0 Å². The van der Waals surface area contributed by atoms with Crippen molar-refractivity contribution in [2.75, 3.05) is 6.54 Å². The third-order valence-corrected chi connectivity index (χ3v) is 1.34. The molecule has 1 saturated heterocycles. The molecule has 1 rings (SSSR count). The average Bonchev–Trinajstić information content (AvgIpc) is 2.12. The normalized spacial score (nSPS) is 22.6. The van der Waals surface area contributed by atoms with Crippen molar-refractivity contribution in [3.05, 3.63) is 0 Å². The van der Waals surface area contributed by atoms with Gasteiger partial charge in [0.05, 0.1) is 5.97 Å². The summed E-state index contributed by atoms with van der Waals surface area (Å²) in [6.45, 7) is 0.818. The Bertz CT molecular complexity index is 106. The van der Waals surface area contributed by atoms with Crippen LogP contribution < -0.4 is 34.4 Å². The monoisotopic (exact) mass is 305 g/mol. The first-order chi connectivity index (χ1) is 3.80. The molecule has 0 bridgehead atoms. The van der Waals surface area contributed by atoms with Gasteiger partial charge < -0.3 is 39.2 Å². The molecule has 0 aliphatic carbocycles. The summed E-state index contributed by atoms with van der Waals surface area (Å²) in [6, 6.07) is -0.380. The zero-order valence-corrected chi connectivity index (χ0v) is 10.7. The van der Waals surface area contributed by atoms with Gasteiger partial charge in [-0.15, -0.1) is 0 Å². The Morgan fingerprint density at radius 2 is 2.20 bits per heavy atom. The van der Waals surface area contributed by atoms with Gasteiger partial charge in [0.15, 0.2) is 0 Å². The third kappa shape index (κ3) is 3.83. The van der Waals surface area contributed by atoms with Gasteiger partial charge in [-0.05, 0) is 19.4 Å². The van der Waals surface area contributed by atoms with Crippen LogP contribution in [0.2, 0.25) is 0 Å². The van der Waals surface area contributed by atoms with Gasteiger partial charge in [-0.1, -0.05) is 0 Å². The molecule has 0 aromatic rings. The largest absolute Gasteiger partial charge is 2.00 e. The number of carboxylic acids is 1. The standard InChI is InChI=1S/C5H9NO2.HI.Zn/c7-5(8)4-2-1-3-6-4;;/h4,6H,1-3H2,(H,7,8);1H;/q;;+2/p-2/t4-;;/m0../s1. The molecule has 3 nitrogen and oxygen atoms in total. The average molecular weight is 306 g/mol. The van der Waals surface area contributed by atoms with Crippen LogP contribution in [0.25, 0.3) is 0 Å². The number of carbonyl (C=O) groups excluding carboxylic acids is 1. The van der Waals surface area contributed by atoms with Crippen molar-refractivity contribution in [1.82, 2.24) is 5.32 Å². The Hall–Kier alpha value is 0.783. The predicted molar refractivity (Wildman–Crippen MR) is 26.0 cm³/mol. The molecule has 1 atom stereocenters. The molecular formula is C5H8INO2Zn. The second kappa shape index (κ2) is 6.49. The molecule has 54 valence electrons. The Labute approximate surface area is 89.7 Å². The fraction of sp³-hybridized carbons (Fsp3) is 0.800. The van der Waals surface area contributed by atoms with Crippen LogP contribution in [0, 0.1) is 0 Å². The second-order valence-electron chi connectivity index (χ2n) is 1.97. The summed E-state index contributed by atoms with van der Waals surface area (Å²) in [5.74, 6) is -0.970. The Morgan fingerprint density at radius 1 is 1.60 bits per heavy atom. The van der Waals surface area contributed by atoms with E-state index in [1.807, 2.05) is 0 Å². The number of rotatable bonds is 1. The van der Waals surface area contributed by atoms with Crippen LogP contribution in [-0.2, 0) is 24.3 Å². The molecule has 1 aliphatic heterocycles. The van der Waals surface area contributed by atoms with E-state index in [0.29, 0.717) is 0 Å². The quantitative estimate of drug-likeness (QED) is 0.392. The summed E-state index contributed by atoms with van der Waals surface area (Å²) in [5, 5.41) is 12.8. The van der Waals surface area contributed by atoms with E-state index in [4.69, 9.17) is 0 Å². The maximum atomic E-state index is 10.0. The van der Waals surface area contributed by atoms with E-state index in [-0.39, 0.29) is 49.5 Å². The molecule has 0 unspecified atom stereocenters.